The first kappa shape index (κ1) is 12.3. The molecule has 0 heterocycles. The fraction of sp³-hybridized carbons (Fsp3) is 0. The predicted octanol–water partition coefficient (Wildman–Crippen LogP) is 3.88. The van der Waals surface area contributed by atoms with Gasteiger partial charge in [0.25, 0.3) is 0 Å². The molecule has 0 bridgehead atoms. The molecule has 0 aliphatic rings. The maximum Gasteiger partial charge on any atom is 0.150 e. The maximum atomic E-state index is 10.5. The van der Waals surface area contributed by atoms with E-state index >= 15 is 0 Å². The van der Waals surface area contributed by atoms with Crippen molar-refractivity contribution in [3.05, 3.63) is 58.1 Å². The molecule has 0 saturated heterocycles. The third-order valence-electron chi connectivity index (χ3n) is 2.43. The Morgan fingerprint density at radius 1 is 1.17 bits per heavy atom. The Hall–Kier alpha value is -2.12. The summed E-state index contributed by atoms with van der Waals surface area (Å²) in [5.41, 5.74) is 2.75. The first-order chi connectivity index (χ1) is 8.72. The van der Waals surface area contributed by atoms with Gasteiger partial charge in [0.1, 0.15) is 12.4 Å². The van der Waals surface area contributed by atoms with Crippen LogP contribution < -0.4 is 5.32 Å². The lowest BCUT2D eigenvalue weighted by Gasteiger charge is -2.08. The Morgan fingerprint density at radius 2 is 1.89 bits per heavy atom. The number of nitrogens with zero attached hydrogens (tertiary/aromatic N) is 1. The maximum absolute atomic E-state index is 10.5. The summed E-state index contributed by atoms with van der Waals surface area (Å²) in [6.07, 6.45) is 0.796. The zero-order valence-electron chi connectivity index (χ0n) is 9.35. The lowest BCUT2D eigenvalue weighted by molar-refractivity contribution is 0.112. The second kappa shape index (κ2) is 5.48. The third kappa shape index (κ3) is 2.76. The summed E-state index contributed by atoms with van der Waals surface area (Å²) in [7, 11) is 0. The quantitative estimate of drug-likeness (QED) is 0.875. The van der Waals surface area contributed by atoms with Gasteiger partial charge in [0.05, 0.1) is 11.3 Å². The first-order valence-electron chi connectivity index (χ1n) is 5.25. The van der Waals surface area contributed by atoms with E-state index in [9.17, 15) is 4.79 Å². The molecule has 2 aromatic carbocycles. The van der Waals surface area contributed by atoms with Gasteiger partial charge in [0, 0.05) is 15.7 Å². The molecule has 0 aromatic heterocycles. The largest absolute Gasteiger partial charge is 0.354 e. The molecular formula is C14H9BrN2O. The molecule has 0 radical (unpaired) electrons. The van der Waals surface area contributed by atoms with Crippen LogP contribution >= 0.6 is 15.9 Å². The predicted molar refractivity (Wildman–Crippen MR) is 74.0 cm³/mol. The number of nitrogens with one attached hydrogen (secondary N) is 1. The molecule has 3 nitrogen and oxygen atoms in total. The average Bonchev–Trinajstić information content (AvgIpc) is 2.41. The highest BCUT2D eigenvalue weighted by Gasteiger charge is 2.03. The van der Waals surface area contributed by atoms with E-state index in [0.717, 1.165) is 22.1 Å². The van der Waals surface area contributed by atoms with Crippen LogP contribution in [0.5, 0.6) is 0 Å². The van der Waals surface area contributed by atoms with Crippen molar-refractivity contribution >= 4 is 33.6 Å². The standard InChI is InChI=1S/C14H9BrN2O/c15-12-3-6-14(11(7-12)8-16)17-13-4-1-10(9-18)2-5-13/h1-7,9,17H. The lowest BCUT2D eigenvalue weighted by Crippen LogP contribution is -1.93. The van der Waals surface area contributed by atoms with Gasteiger partial charge in [-0.2, -0.15) is 5.26 Å². The molecule has 0 spiro atoms. The Labute approximate surface area is 113 Å². The highest BCUT2D eigenvalue weighted by atomic mass is 79.9. The molecule has 4 heteroatoms. The van der Waals surface area contributed by atoms with E-state index in [2.05, 4.69) is 27.3 Å². The van der Waals surface area contributed by atoms with Crippen LogP contribution in [0, 0.1) is 11.3 Å². The van der Waals surface area contributed by atoms with Crippen LogP contribution in [0.15, 0.2) is 46.9 Å². The number of hydrogen-bond acceptors (Lipinski definition) is 3. The van der Waals surface area contributed by atoms with Gasteiger partial charge in [0.15, 0.2) is 0 Å². The Morgan fingerprint density at radius 3 is 2.50 bits per heavy atom. The van der Waals surface area contributed by atoms with Crippen molar-refractivity contribution in [2.24, 2.45) is 0 Å². The second-order valence-electron chi connectivity index (χ2n) is 3.67. The topological polar surface area (TPSA) is 52.9 Å². The van der Waals surface area contributed by atoms with Crippen LogP contribution in [0.1, 0.15) is 15.9 Å². The van der Waals surface area contributed by atoms with Crippen LogP contribution in [0.25, 0.3) is 0 Å². The summed E-state index contributed by atoms with van der Waals surface area (Å²) in [4.78, 5) is 10.5. The molecule has 2 aromatic rings. The van der Waals surface area contributed by atoms with Gasteiger partial charge in [0.2, 0.25) is 0 Å². The Balaban J connectivity index is 2.28. The smallest absolute Gasteiger partial charge is 0.150 e. The van der Waals surface area contributed by atoms with Crippen molar-refractivity contribution in [3.63, 3.8) is 0 Å². The van der Waals surface area contributed by atoms with Crippen molar-refractivity contribution < 1.29 is 4.79 Å². The molecular weight excluding hydrogens is 292 g/mol. The summed E-state index contributed by atoms with van der Waals surface area (Å²) in [5, 5.41) is 12.2. The third-order valence-corrected chi connectivity index (χ3v) is 2.92. The first-order valence-corrected chi connectivity index (χ1v) is 6.04. The lowest BCUT2D eigenvalue weighted by atomic mass is 10.1. The molecule has 0 fully saturated rings. The SMILES string of the molecule is N#Cc1cc(Br)ccc1Nc1ccc(C=O)cc1. The van der Waals surface area contributed by atoms with E-state index in [1.807, 2.05) is 12.1 Å². The molecule has 2 rings (SSSR count). The zero-order chi connectivity index (χ0) is 13.0. The monoisotopic (exact) mass is 300 g/mol. The molecule has 88 valence electrons. The van der Waals surface area contributed by atoms with E-state index in [0.29, 0.717) is 11.1 Å². The number of aldehydes is 1. The van der Waals surface area contributed by atoms with Gasteiger partial charge in [-0.3, -0.25) is 4.79 Å². The normalized spacial score (nSPS) is 9.56. The number of carbonyl (C=O) groups excluding carboxylic acids is 1. The summed E-state index contributed by atoms with van der Waals surface area (Å²) in [6, 6.07) is 14.6. The van der Waals surface area contributed by atoms with Crippen molar-refractivity contribution in [1.29, 1.82) is 5.26 Å². The van der Waals surface area contributed by atoms with Crippen molar-refractivity contribution in [1.82, 2.24) is 0 Å². The minimum absolute atomic E-state index is 0.559. The minimum atomic E-state index is 0.559. The van der Waals surface area contributed by atoms with Crippen molar-refractivity contribution in [2.75, 3.05) is 5.32 Å². The Kier molecular flexibility index (Phi) is 3.75. The molecule has 0 aliphatic carbocycles. The molecule has 0 aliphatic heterocycles. The molecule has 0 unspecified atom stereocenters. The number of anilines is 2. The van der Waals surface area contributed by atoms with Gasteiger partial charge in [-0.05, 0) is 42.5 Å². The van der Waals surface area contributed by atoms with Crippen molar-refractivity contribution in [3.8, 4) is 6.07 Å². The van der Waals surface area contributed by atoms with Gasteiger partial charge in [-0.1, -0.05) is 15.9 Å². The number of benzene rings is 2. The number of hydrogen-bond donors (Lipinski definition) is 1. The van der Waals surface area contributed by atoms with Crippen LogP contribution in [0.3, 0.4) is 0 Å². The summed E-state index contributed by atoms with van der Waals surface area (Å²) < 4.78 is 0.862. The number of rotatable bonds is 3. The highest BCUT2D eigenvalue weighted by Crippen LogP contribution is 2.24. The van der Waals surface area contributed by atoms with Crippen LogP contribution in [-0.2, 0) is 0 Å². The molecule has 1 N–H and O–H groups in total. The van der Waals surface area contributed by atoms with Gasteiger partial charge in [-0.25, -0.2) is 0 Å². The Bertz CT molecular complexity index is 615. The average molecular weight is 301 g/mol. The number of carbonyl (C=O) groups is 1. The number of halogens is 1. The summed E-state index contributed by atoms with van der Waals surface area (Å²) in [6.45, 7) is 0. The fourth-order valence-corrected chi connectivity index (χ4v) is 1.88. The van der Waals surface area contributed by atoms with E-state index in [4.69, 9.17) is 5.26 Å². The van der Waals surface area contributed by atoms with Gasteiger partial charge >= 0.3 is 0 Å². The summed E-state index contributed by atoms with van der Waals surface area (Å²) in [5.74, 6) is 0. The molecule has 0 saturated carbocycles. The minimum Gasteiger partial charge on any atom is -0.354 e. The van der Waals surface area contributed by atoms with Crippen molar-refractivity contribution in [2.45, 2.75) is 0 Å². The van der Waals surface area contributed by atoms with Gasteiger partial charge in [-0.15, -0.1) is 0 Å². The highest BCUT2D eigenvalue weighted by molar-refractivity contribution is 9.10. The van der Waals surface area contributed by atoms with E-state index in [1.54, 1.807) is 30.3 Å². The molecule has 0 atom stereocenters. The fourth-order valence-electron chi connectivity index (χ4n) is 1.52. The van der Waals surface area contributed by atoms with Crippen LogP contribution in [0.4, 0.5) is 11.4 Å². The van der Waals surface area contributed by atoms with Gasteiger partial charge < -0.3 is 5.32 Å². The zero-order valence-corrected chi connectivity index (χ0v) is 10.9. The number of nitriles is 1. The van der Waals surface area contributed by atoms with Crippen LogP contribution in [0.2, 0.25) is 0 Å². The summed E-state index contributed by atoms with van der Waals surface area (Å²) >= 11 is 3.32. The molecule has 0 amide bonds. The van der Waals surface area contributed by atoms with E-state index in [-0.39, 0.29) is 0 Å². The van der Waals surface area contributed by atoms with Crippen LogP contribution in [-0.4, -0.2) is 6.29 Å². The van der Waals surface area contributed by atoms with E-state index in [1.165, 1.54) is 0 Å². The van der Waals surface area contributed by atoms with E-state index < -0.39 is 0 Å². The second-order valence-corrected chi connectivity index (χ2v) is 4.58. The molecule has 18 heavy (non-hydrogen) atoms.